The summed E-state index contributed by atoms with van der Waals surface area (Å²) >= 11 is -2.68. The van der Waals surface area contributed by atoms with Gasteiger partial charge in [0.15, 0.2) is 0 Å². The Morgan fingerprint density at radius 2 is 1.07 bits per heavy atom. The second-order valence-electron chi connectivity index (χ2n) is 15.0. The summed E-state index contributed by atoms with van der Waals surface area (Å²) in [6, 6.07) is 37.6. The van der Waals surface area contributed by atoms with Gasteiger partial charge in [-0.2, -0.15) is 0 Å². The van der Waals surface area contributed by atoms with Crippen LogP contribution in [0.2, 0.25) is 0 Å². The molecule has 2 unspecified atom stereocenters. The molecule has 0 radical (unpaired) electrons. The summed E-state index contributed by atoms with van der Waals surface area (Å²) in [6.45, 7) is 19.2. The molecule has 0 saturated carbocycles. The van der Waals surface area contributed by atoms with Gasteiger partial charge in [0.1, 0.15) is 0 Å². The van der Waals surface area contributed by atoms with E-state index in [-0.39, 0.29) is 35.6 Å². The molecule has 0 fully saturated rings. The molecule has 2 aliphatic rings. The van der Waals surface area contributed by atoms with Gasteiger partial charge in [0.05, 0.1) is 0 Å². The molecule has 0 aliphatic heterocycles. The van der Waals surface area contributed by atoms with E-state index in [1.165, 1.54) is 33.4 Å². The maximum atomic E-state index is 2.61. The SMILES string of the molecule is CC([C](C(C)c1ccccc1)=[Zr+2]([C]1=CC=CC1)[CH]1c2cc(C(C)(C)C)ccc2-c2ccc(C(C)(C)C)cc21)c1ccccc1.[Cl-].[Cl-]. The summed E-state index contributed by atoms with van der Waals surface area (Å²) in [4.78, 5) is 0. The Bertz CT molecular complexity index is 1650. The van der Waals surface area contributed by atoms with Crippen molar-refractivity contribution in [2.75, 3.05) is 0 Å². The third-order valence-electron chi connectivity index (χ3n) is 10.00. The summed E-state index contributed by atoms with van der Waals surface area (Å²) < 4.78 is 4.00. The normalized spacial score (nSPS) is 15.0. The van der Waals surface area contributed by atoms with Crippen molar-refractivity contribution in [3.8, 4) is 11.1 Å². The van der Waals surface area contributed by atoms with Crippen LogP contribution >= 0.6 is 0 Å². The standard InChI is InChI=1S/C21H25.C17H18.C5H5.2ClH.Zr/c1-20(2,3)16-7-9-18-14(12-16)11-15-13-17(21(4,5)6)8-10-19(15)18;1-14(16-9-5-3-6-10-16)13-15(2)17-11-7-4-8-12-17;1-2-4-5-3-1;;;/h7-13H,1-6H3;3-12,14-15H,1-2H3;1-3H,4H2;2*1H;/q;;;;;+2/p-2. The number of hydrogen-bond acceptors (Lipinski definition) is 0. The molecule has 0 amide bonds. The van der Waals surface area contributed by atoms with Crippen molar-refractivity contribution < 1.29 is 46.1 Å². The second kappa shape index (κ2) is 14.4. The number of hydrogen-bond donors (Lipinski definition) is 0. The maximum absolute atomic E-state index is 2.68. The van der Waals surface area contributed by atoms with Crippen molar-refractivity contribution in [1.82, 2.24) is 0 Å². The molecular weight excluding hydrogens is 679 g/mol. The summed E-state index contributed by atoms with van der Waals surface area (Å²) in [5.74, 6) is 0.762. The van der Waals surface area contributed by atoms with Gasteiger partial charge in [0.25, 0.3) is 0 Å². The Hall–Kier alpha value is -2.31. The second-order valence-corrected chi connectivity index (χ2v) is 21.4. The number of fused-ring (bicyclic) bond motifs is 3. The summed E-state index contributed by atoms with van der Waals surface area (Å²) in [7, 11) is 0. The molecule has 238 valence electrons. The van der Waals surface area contributed by atoms with Gasteiger partial charge in [0.2, 0.25) is 0 Å². The minimum Gasteiger partial charge on any atom is -1.00 e. The van der Waals surface area contributed by atoms with Crippen molar-refractivity contribution in [2.45, 2.75) is 88.1 Å². The van der Waals surface area contributed by atoms with Crippen molar-refractivity contribution in [3.05, 3.63) is 152 Å². The smallest absolute Gasteiger partial charge is 1.00 e. The van der Waals surface area contributed by atoms with E-state index in [1.807, 2.05) is 3.21 Å². The first-order chi connectivity index (χ1) is 20.9. The quantitative estimate of drug-likeness (QED) is 0.243. The third kappa shape index (κ3) is 7.09. The monoisotopic (exact) mass is 724 g/mol. The fraction of sp³-hybridized carbons (Fsp3) is 0.326. The fourth-order valence-corrected chi connectivity index (χ4v) is 17.3. The van der Waals surface area contributed by atoms with Crippen LogP contribution in [0.5, 0.6) is 0 Å². The van der Waals surface area contributed by atoms with E-state index in [4.69, 9.17) is 0 Å². The zero-order valence-corrected chi connectivity index (χ0v) is 32.6. The Labute approximate surface area is 298 Å². The average molecular weight is 727 g/mol. The van der Waals surface area contributed by atoms with Crippen LogP contribution in [-0.2, 0) is 32.1 Å². The molecule has 0 heterocycles. The molecule has 2 aliphatic carbocycles. The van der Waals surface area contributed by atoms with Crippen LogP contribution in [0, 0.1) is 0 Å². The number of halogens is 2. The molecule has 46 heavy (non-hydrogen) atoms. The van der Waals surface area contributed by atoms with E-state index < -0.39 is 21.3 Å². The number of rotatable bonds is 6. The first-order valence-corrected chi connectivity index (χ1v) is 20.3. The van der Waals surface area contributed by atoms with Crippen molar-refractivity contribution in [3.63, 3.8) is 0 Å². The van der Waals surface area contributed by atoms with E-state index in [1.54, 1.807) is 14.4 Å². The molecule has 6 rings (SSSR count). The van der Waals surface area contributed by atoms with Gasteiger partial charge < -0.3 is 24.8 Å². The van der Waals surface area contributed by atoms with Gasteiger partial charge in [-0.1, -0.05) is 0 Å². The van der Waals surface area contributed by atoms with Gasteiger partial charge in [-0.15, -0.1) is 0 Å². The zero-order chi connectivity index (χ0) is 31.2. The summed E-state index contributed by atoms with van der Waals surface area (Å²) in [6.07, 6.45) is 8.35. The van der Waals surface area contributed by atoms with Gasteiger partial charge in [-0.3, -0.25) is 0 Å². The van der Waals surface area contributed by atoms with Crippen molar-refractivity contribution >= 4 is 3.21 Å². The molecule has 0 saturated heterocycles. The van der Waals surface area contributed by atoms with E-state index in [2.05, 4.69) is 171 Å². The van der Waals surface area contributed by atoms with Crippen molar-refractivity contribution in [1.29, 1.82) is 0 Å². The van der Waals surface area contributed by atoms with Gasteiger partial charge in [-0.25, -0.2) is 0 Å². The summed E-state index contributed by atoms with van der Waals surface area (Å²) in [5.41, 5.74) is 12.1. The van der Waals surface area contributed by atoms with Crippen LogP contribution < -0.4 is 24.8 Å². The molecule has 4 aromatic carbocycles. The maximum Gasteiger partial charge on any atom is -1.00 e. The molecule has 0 nitrogen and oxygen atoms in total. The fourth-order valence-electron chi connectivity index (χ4n) is 7.37. The van der Waals surface area contributed by atoms with E-state index in [9.17, 15) is 0 Å². The van der Waals surface area contributed by atoms with Crippen LogP contribution in [0.4, 0.5) is 0 Å². The Morgan fingerprint density at radius 3 is 1.43 bits per heavy atom. The van der Waals surface area contributed by atoms with Crippen LogP contribution in [0.15, 0.2) is 119 Å². The van der Waals surface area contributed by atoms with Crippen LogP contribution in [0.1, 0.15) is 111 Å². The van der Waals surface area contributed by atoms with Crippen molar-refractivity contribution in [2.24, 2.45) is 0 Å². The molecule has 0 bridgehead atoms. The Morgan fingerprint density at radius 1 is 0.630 bits per heavy atom. The van der Waals surface area contributed by atoms with E-state index in [0.717, 1.165) is 6.42 Å². The number of allylic oxidation sites excluding steroid dienone is 4. The van der Waals surface area contributed by atoms with E-state index >= 15 is 0 Å². The first-order valence-electron chi connectivity index (χ1n) is 16.4. The molecular formula is C43H48Cl2Zr. The van der Waals surface area contributed by atoms with E-state index in [0.29, 0.717) is 15.5 Å². The predicted octanol–water partition coefficient (Wildman–Crippen LogP) is 5.60. The molecule has 0 spiro atoms. The first kappa shape index (κ1) is 36.5. The number of benzene rings is 4. The Balaban J connectivity index is 0.00000240. The van der Waals surface area contributed by atoms with Gasteiger partial charge in [-0.05, 0) is 0 Å². The largest absolute Gasteiger partial charge is 1.00 e. The molecule has 2 atom stereocenters. The van der Waals surface area contributed by atoms with Crippen LogP contribution in [0.3, 0.4) is 0 Å². The van der Waals surface area contributed by atoms with Gasteiger partial charge >= 0.3 is 276 Å². The molecule has 4 aromatic rings. The predicted molar refractivity (Wildman–Crippen MR) is 188 cm³/mol. The van der Waals surface area contributed by atoms with Gasteiger partial charge in [0, 0.05) is 0 Å². The van der Waals surface area contributed by atoms with Crippen LogP contribution in [0.25, 0.3) is 11.1 Å². The molecule has 3 heteroatoms. The zero-order valence-electron chi connectivity index (χ0n) is 28.7. The molecule has 0 N–H and O–H groups in total. The molecule has 0 aromatic heterocycles. The summed E-state index contributed by atoms with van der Waals surface area (Å²) in [5, 5.41) is 0. The average Bonchev–Trinajstić information content (AvgIpc) is 3.65. The Kier molecular flexibility index (Phi) is 11.5. The topological polar surface area (TPSA) is 0 Å². The minimum absolute atomic E-state index is 0. The minimum atomic E-state index is -2.68. The third-order valence-corrected chi connectivity index (χ3v) is 19.2. The van der Waals surface area contributed by atoms with Crippen LogP contribution in [-0.4, -0.2) is 3.21 Å².